The summed E-state index contributed by atoms with van der Waals surface area (Å²) in [5.41, 5.74) is 7.41. The highest BCUT2D eigenvalue weighted by molar-refractivity contribution is 9.11. The van der Waals surface area contributed by atoms with Gasteiger partial charge in [-0.05, 0) is 40.5 Å². The molecule has 17 heavy (non-hydrogen) atoms. The van der Waals surface area contributed by atoms with Crippen LogP contribution in [0.3, 0.4) is 0 Å². The zero-order valence-electron chi connectivity index (χ0n) is 9.01. The lowest BCUT2D eigenvalue weighted by molar-refractivity contribution is 0.600. The second-order valence-electron chi connectivity index (χ2n) is 3.77. The molecule has 0 saturated carbocycles. The van der Waals surface area contributed by atoms with Gasteiger partial charge in [0.1, 0.15) is 5.82 Å². The molecule has 5 heteroatoms. The molecule has 0 aliphatic rings. The molecular formula is C12H10BrClFNS. The maximum Gasteiger partial charge on any atom is 0.128 e. The first-order chi connectivity index (χ1) is 7.99. The lowest BCUT2D eigenvalue weighted by Gasteiger charge is -2.11. The van der Waals surface area contributed by atoms with Gasteiger partial charge in [-0.1, -0.05) is 23.7 Å². The summed E-state index contributed by atoms with van der Waals surface area (Å²) in [6, 6.07) is 6.34. The number of nitrogens with two attached hydrogens (primary N) is 1. The highest BCUT2D eigenvalue weighted by Crippen LogP contribution is 2.36. The van der Waals surface area contributed by atoms with Crippen molar-refractivity contribution in [2.45, 2.75) is 13.0 Å². The van der Waals surface area contributed by atoms with E-state index in [9.17, 15) is 4.39 Å². The van der Waals surface area contributed by atoms with Crippen LogP contribution in [0.25, 0.3) is 0 Å². The van der Waals surface area contributed by atoms with Gasteiger partial charge in [-0.3, -0.25) is 0 Å². The van der Waals surface area contributed by atoms with Gasteiger partial charge in [0.2, 0.25) is 0 Å². The van der Waals surface area contributed by atoms with Crippen LogP contribution in [0.2, 0.25) is 5.02 Å². The van der Waals surface area contributed by atoms with Gasteiger partial charge in [0.05, 0.1) is 14.9 Å². The van der Waals surface area contributed by atoms with Gasteiger partial charge in [-0.25, -0.2) is 4.39 Å². The molecule has 1 nitrogen and oxygen atoms in total. The molecule has 0 fully saturated rings. The van der Waals surface area contributed by atoms with E-state index >= 15 is 0 Å². The van der Waals surface area contributed by atoms with Crippen molar-refractivity contribution in [2.24, 2.45) is 5.73 Å². The Morgan fingerprint density at radius 2 is 2.12 bits per heavy atom. The molecule has 90 valence electrons. The van der Waals surface area contributed by atoms with Crippen molar-refractivity contribution >= 4 is 38.9 Å². The Kier molecular flexibility index (Phi) is 3.88. The highest BCUT2D eigenvalue weighted by Gasteiger charge is 2.17. The zero-order chi connectivity index (χ0) is 12.6. The number of hydrogen-bond acceptors (Lipinski definition) is 2. The van der Waals surface area contributed by atoms with Crippen molar-refractivity contribution in [3.05, 3.63) is 54.9 Å². The van der Waals surface area contributed by atoms with E-state index < -0.39 is 6.04 Å². The Morgan fingerprint density at radius 1 is 1.41 bits per heavy atom. The first-order valence-corrected chi connectivity index (χ1v) is 6.94. The molecule has 0 aliphatic heterocycles. The summed E-state index contributed by atoms with van der Waals surface area (Å²) in [6.07, 6.45) is 0. The third kappa shape index (κ3) is 2.71. The minimum atomic E-state index is -0.482. The van der Waals surface area contributed by atoms with Crippen molar-refractivity contribution in [3.63, 3.8) is 0 Å². The fraction of sp³-hybridized carbons (Fsp3) is 0.167. The van der Waals surface area contributed by atoms with E-state index in [1.807, 2.05) is 13.0 Å². The fourth-order valence-electron chi connectivity index (χ4n) is 1.55. The predicted molar refractivity (Wildman–Crippen MR) is 74.2 cm³/mol. The number of thiophene rings is 1. The van der Waals surface area contributed by atoms with Crippen LogP contribution in [-0.4, -0.2) is 0 Å². The lowest BCUT2D eigenvalue weighted by atomic mass is 10.0. The van der Waals surface area contributed by atoms with Gasteiger partial charge >= 0.3 is 0 Å². The summed E-state index contributed by atoms with van der Waals surface area (Å²) >= 11 is 10.7. The Hall–Kier alpha value is -0.420. The Morgan fingerprint density at radius 3 is 2.65 bits per heavy atom. The van der Waals surface area contributed by atoms with E-state index in [2.05, 4.69) is 15.9 Å². The topological polar surface area (TPSA) is 26.0 Å². The molecule has 1 heterocycles. The van der Waals surface area contributed by atoms with Crippen molar-refractivity contribution in [1.82, 2.24) is 0 Å². The molecule has 1 atom stereocenters. The van der Waals surface area contributed by atoms with Crippen LogP contribution in [0, 0.1) is 12.7 Å². The molecule has 2 N–H and O–H groups in total. The minimum Gasteiger partial charge on any atom is -0.320 e. The van der Waals surface area contributed by atoms with Crippen LogP contribution < -0.4 is 5.73 Å². The number of halogens is 3. The van der Waals surface area contributed by atoms with Gasteiger partial charge in [0, 0.05) is 10.4 Å². The first-order valence-electron chi connectivity index (χ1n) is 4.95. The summed E-state index contributed by atoms with van der Waals surface area (Å²) in [5, 5.41) is 0.605. The van der Waals surface area contributed by atoms with Crippen LogP contribution in [0.15, 0.2) is 28.1 Å². The molecular weight excluding hydrogens is 325 g/mol. The average molecular weight is 335 g/mol. The van der Waals surface area contributed by atoms with Crippen LogP contribution in [0.4, 0.5) is 4.39 Å². The maximum atomic E-state index is 13.8. The number of aryl methyl sites for hydroxylation is 1. The van der Waals surface area contributed by atoms with Crippen molar-refractivity contribution < 1.29 is 4.39 Å². The minimum absolute atomic E-state index is 0.279. The molecule has 0 aliphatic carbocycles. The molecule has 2 aromatic rings. The van der Waals surface area contributed by atoms with Gasteiger partial charge in [0.15, 0.2) is 0 Å². The molecule has 1 unspecified atom stereocenters. The summed E-state index contributed by atoms with van der Waals surface area (Å²) in [7, 11) is 0. The standard InChI is InChI=1S/C12H10BrClFNS/c1-6-2-3-7(9(15)4-6)11(16)10-5-8(14)12(13)17-10/h2-5,11H,16H2,1H3. The molecule has 1 aromatic carbocycles. The van der Waals surface area contributed by atoms with E-state index in [4.69, 9.17) is 17.3 Å². The maximum absolute atomic E-state index is 13.8. The predicted octanol–water partition coefficient (Wildman–Crippen LogP) is 4.66. The highest BCUT2D eigenvalue weighted by atomic mass is 79.9. The molecule has 0 bridgehead atoms. The molecule has 2 rings (SSSR count). The monoisotopic (exact) mass is 333 g/mol. The van der Waals surface area contributed by atoms with E-state index in [1.165, 1.54) is 17.4 Å². The van der Waals surface area contributed by atoms with Crippen LogP contribution >= 0.6 is 38.9 Å². The summed E-state index contributed by atoms with van der Waals surface area (Å²) < 4.78 is 14.6. The lowest BCUT2D eigenvalue weighted by Crippen LogP contribution is -2.12. The zero-order valence-corrected chi connectivity index (χ0v) is 12.2. The van der Waals surface area contributed by atoms with Crippen molar-refractivity contribution in [2.75, 3.05) is 0 Å². The molecule has 0 saturated heterocycles. The summed E-state index contributed by atoms with van der Waals surface area (Å²) in [5.74, 6) is -0.279. The second kappa shape index (κ2) is 5.06. The largest absolute Gasteiger partial charge is 0.320 e. The molecule has 1 aromatic heterocycles. The van der Waals surface area contributed by atoms with E-state index in [0.717, 1.165) is 14.2 Å². The number of rotatable bonds is 2. The quantitative estimate of drug-likeness (QED) is 0.849. The van der Waals surface area contributed by atoms with Crippen LogP contribution in [0.1, 0.15) is 22.0 Å². The molecule has 0 radical (unpaired) electrons. The molecule has 0 amide bonds. The third-order valence-corrected chi connectivity index (χ3v) is 5.02. The normalized spacial score (nSPS) is 12.8. The van der Waals surface area contributed by atoms with Crippen LogP contribution in [-0.2, 0) is 0 Å². The van der Waals surface area contributed by atoms with Crippen molar-refractivity contribution in [3.8, 4) is 0 Å². The van der Waals surface area contributed by atoms with Crippen molar-refractivity contribution in [1.29, 1.82) is 0 Å². The Labute approximate surface area is 117 Å². The SMILES string of the molecule is Cc1ccc(C(N)c2cc(Cl)c(Br)s2)c(F)c1. The number of hydrogen-bond donors (Lipinski definition) is 1. The Balaban J connectivity index is 2.39. The summed E-state index contributed by atoms with van der Waals surface area (Å²) in [4.78, 5) is 0.838. The fourth-order valence-corrected chi connectivity index (χ4v) is 3.32. The third-order valence-electron chi connectivity index (χ3n) is 2.46. The van der Waals surface area contributed by atoms with E-state index in [-0.39, 0.29) is 5.82 Å². The van der Waals surface area contributed by atoms with Gasteiger partial charge in [-0.2, -0.15) is 0 Å². The van der Waals surface area contributed by atoms with E-state index in [0.29, 0.717) is 10.6 Å². The number of benzene rings is 1. The van der Waals surface area contributed by atoms with Gasteiger partial charge < -0.3 is 5.73 Å². The summed E-state index contributed by atoms with van der Waals surface area (Å²) in [6.45, 7) is 1.84. The Bertz CT molecular complexity index is 536. The second-order valence-corrected chi connectivity index (χ2v) is 6.58. The van der Waals surface area contributed by atoms with Gasteiger partial charge in [0.25, 0.3) is 0 Å². The average Bonchev–Trinajstić information content (AvgIpc) is 2.58. The van der Waals surface area contributed by atoms with Crippen LogP contribution in [0.5, 0.6) is 0 Å². The smallest absolute Gasteiger partial charge is 0.128 e. The molecule has 0 spiro atoms. The van der Waals surface area contributed by atoms with E-state index in [1.54, 1.807) is 12.1 Å². The first kappa shape index (κ1) is 13.0. The van der Waals surface area contributed by atoms with Gasteiger partial charge in [-0.15, -0.1) is 11.3 Å².